The minimum Gasteiger partial charge on any atom is -0.339 e. The maximum absolute atomic E-state index is 12.6. The van der Waals surface area contributed by atoms with E-state index in [9.17, 15) is 9.59 Å². The van der Waals surface area contributed by atoms with Gasteiger partial charge in [-0.15, -0.1) is 11.3 Å². The number of likely N-dealkylation sites (N-methyl/N-ethyl adjacent to an activating group) is 2. The van der Waals surface area contributed by atoms with Crippen molar-refractivity contribution in [3.05, 3.63) is 40.9 Å². The number of benzene rings is 1. The first-order valence-electron chi connectivity index (χ1n) is 8.68. The topological polar surface area (TPSA) is 56.8 Å². The highest BCUT2D eigenvalue weighted by atomic mass is 32.1. The number of rotatable bonds is 4. The van der Waals surface area contributed by atoms with Gasteiger partial charge in [0, 0.05) is 44.2 Å². The molecule has 0 spiro atoms. The number of carbonyl (C=O) groups excluding carboxylic acids is 2. The van der Waals surface area contributed by atoms with Crippen molar-refractivity contribution in [1.82, 2.24) is 19.7 Å². The number of piperazine rings is 1. The fourth-order valence-corrected chi connectivity index (χ4v) is 3.63. The van der Waals surface area contributed by atoms with E-state index in [1.807, 2.05) is 43.1 Å². The van der Waals surface area contributed by atoms with E-state index in [0.29, 0.717) is 18.8 Å². The highest BCUT2D eigenvalue weighted by Crippen LogP contribution is 2.24. The van der Waals surface area contributed by atoms with E-state index in [1.54, 1.807) is 12.4 Å². The fraction of sp³-hybridized carbons (Fsp3) is 0.421. The van der Waals surface area contributed by atoms with Crippen LogP contribution in [0, 0.1) is 6.92 Å². The summed E-state index contributed by atoms with van der Waals surface area (Å²) in [6.07, 6.45) is 0. The van der Waals surface area contributed by atoms with Gasteiger partial charge in [0.1, 0.15) is 10.7 Å². The van der Waals surface area contributed by atoms with Crippen molar-refractivity contribution in [3.63, 3.8) is 0 Å². The molecule has 1 aromatic carbocycles. The zero-order valence-electron chi connectivity index (χ0n) is 15.4. The Kier molecular flexibility index (Phi) is 5.68. The fourth-order valence-electron chi connectivity index (χ4n) is 2.83. The smallest absolute Gasteiger partial charge is 0.273 e. The van der Waals surface area contributed by atoms with E-state index in [2.05, 4.69) is 9.88 Å². The quantitative estimate of drug-likeness (QED) is 0.823. The van der Waals surface area contributed by atoms with Gasteiger partial charge in [-0.3, -0.25) is 9.59 Å². The van der Waals surface area contributed by atoms with Crippen LogP contribution in [0.15, 0.2) is 29.6 Å². The van der Waals surface area contributed by atoms with E-state index in [1.165, 1.54) is 21.8 Å². The highest BCUT2D eigenvalue weighted by Gasteiger charge is 2.23. The normalized spacial score (nSPS) is 15.1. The summed E-state index contributed by atoms with van der Waals surface area (Å²) in [5.74, 6) is -0.231. The molecule has 2 amide bonds. The van der Waals surface area contributed by atoms with Gasteiger partial charge in [-0.1, -0.05) is 29.8 Å². The third-order valence-corrected chi connectivity index (χ3v) is 5.49. The van der Waals surface area contributed by atoms with Gasteiger partial charge in [0.15, 0.2) is 0 Å². The third kappa shape index (κ3) is 4.28. The Morgan fingerprint density at radius 2 is 1.81 bits per heavy atom. The van der Waals surface area contributed by atoms with Crippen molar-refractivity contribution in [2.45, 2.75) is 6.92 Å². The standard InChI is InChI=1S/C19H24N4O2S/c1-14-4-6-15(7-5-14)18-20-16(13-26-18)19(25)22(3)12-17(24)23-10-8-21(2)9-11-23/h4-7,13H,8-12H2,1-3H3. The first-order valence-corrected chi connectivity index (χ1v) is 9.56. The first-order chi connectivity index (χ1) is 12.4. The van der Waals surface area contributed by atoms with Gasteiger partial charge in [0.2, 0.25) is 5.91 Å². The van der Waals surface area contributed by atoms with Crippen molar-refractivity contribution in [2.24, 2.45) is 0 Å². The molecule has 6 nitrogen and oxygen atoms in total. The van der Waals surface area contributed by atoms with Gasteiger partial charge in [-0.25, -0.2) is 4.98 Å². The molecule has 3 rings (SSSR count). The summed E-state index contributed by atoms with van der Waals surface area (Å²) in [5.41, 5.74) is 2.57. The minimum atomic E-state index is -0.220. The van der Waals surface area contributed by atoms with Crippen LogP contribution in [0.1, 0.15) is 16.1 Å². The van der Waals surface area contributed by atoms with Crippen molar-refractivity contribution in [2.75, 3.05) is 46.8 Å². The lowest BCUT2D eigenvalue weighted by Gasteiger charge is -2.33. The predicted octanol–water partition coefficient (Wildman–Crippen LogP) is 1.96. The lowest BCUT2D eigenvalue weighted by molar-refractivity contribution is -0.133. The summed E-state index contributed by atoms with van der Waals surface area (Å²) < 4.78 is 0. The molecule has 1 fully saturated rings. The molecular weight excluding hydrogens is 348 g/mol. The molecule has 0 bridgehead atoms. The number of hydrogen-bond acceptors (Lipinski definition) is 5. The van der Waals surface area contributed by atoms with Crippen LogP contribution in [0.2, 0.25) is 0 Å². The van der Waals surface area contributed by atoms with Crippen molar-refractivity contribution < 1.29 is 9.59 Å². The minimum absolute atomic E-state index is 0.0112. The van der Waals surface area contributed by atoms with E-state index < -0.39 is 0 Å². The van der Waals surface area contributed by atoms with Gasteiger partial charge in [-0.2, -0.15) is 0 Å². The van der Waals surface area contributed by atoms with E-state index >= 15 is 0 Å². The van der Waals surface area contributed by atoms with Crippen molar-refractivity contribution >= 4 is 23.2 Å². The average molecular weight is 372 g/mol. The Balaban J connectivity index is 1.61. The largest absolute Gasteiger partial charge is 0.339 e. The molecular formula is C19H24N4O2S. The molecule has 0 aliphatic carbocycles. The second kappa shape index (κ2) is 7.97. The van der Waals surface area contributed by atoms with Crippen LogP contribution in [0.3, 0.4) is 0 Å². The molecule has 26 heavy (non-hydrogen) atoms. The molecule has 0 N–H and O–H groups in total. The van der Waals surface area contributed by atoms with Crippen LogP contribution in [0.5, 0.6) is 0 Å². The van der Waals surface area contributed by atoms with Gasteiger partial charge < -0.3 is 14.7 Å². The molecule has 138 valence electrons. The first kappa shape index (κ1) is 18.5. The van der Waals surface area contributed by atoms with Crippen LogP contribution in [0.4, 0.5) is 0 Å². The molecule has 1 aliphatic heterocycles. The molecule has 0 radical (unpaired) electrons. The van der Waals surface area contributed by atoms with Gasteiger partial charge in [0.25, 0.3) is 5.91 Å². The van der Waals surface area contributed by atoms with Gasteiger partial charge in [-0.05, 0) is 14.0 Å². The molecule has 1 aromatic heterocycles. The zero-order valence-corrected chi connectivity index (χ0v) is 16.3. The van der Waals surface area contributed by atoms with Crippen LogP contribution in [-0.2, 0) is 4.79 Å². The molecule has 2 aromatic rings. The SMILES string of the molecule is Cc1ccc(-c2nc(C(=O)N(C)CC(=O)N3CCN(C)CC3)cs2)cc1. The van der Waals surface area contributed by atoms with Crippen molar-refractivity contribution in [1.29, 1.82) is 0 Å². The second-order valence-electron chi connectivity index (χ2n) is 6.75. The number of nitrogens with zero attached hydrogens (tertiary/aromatic N) is 4. The molecule has 1 aliphatic rings. The molecule has 7 heteroatoms. The summed E-state index contributed by atoms with van der Waals surface area (Å²) in [6, 6.07) is 8.06. The summed E-state index contributed by atoms with van der Waals surface area (Å²) in [7, 11) is 3.70. The lowest BCUT2D eigenvalue weighted by Crippen LogP contribution is -2.50. The van der Waals surface area contributed by atoms with E-state index in [0.717, 1.165) is 23.7 Å². The summed E-state index contributed by atoms with van der Waals surface area (Å²) in [4.78, 5) is 34.9. The molecule has 1 saturated heterocycles. The monoisotopic (exact) mass is 372 g/mol. The molecule has 0 saturated carbocycles. The van der Waals surface area contributed by atoms with Gasteiger partial charge >= 0.3 is 0 Å². The van der Waals surface area contributed by atoms with Crippen LogP contribution in [0.25, 0.3) is 10.6 Å². The number of hydrogen-bond donors (Lipinski definition) is 0. The molecule has 0 atom stereocenters. The summed E-state index contributed by atoms with van der Waals surface area (Å²) in [5, 5.41) is 2.57. The van der Waals surface area contributed by atoms with Crippen LogP contribution in [-0.4, -0.2) is 78.3 Å². The second-order valence-corrected chi connectivity index (χ2v) is 7.61. The number of amides is 2. The Morgan fingerprint density at radius 3 is 2.46 bits per heavy atom. The highest BCUT2D eigenvalue weighted by molar-refractivity contribution is 7.13. The predicted molar refractivity (Wildman–Crippen MR) is 103 cm³/mol. The zero-order chi connectivity index (χ0) is 18.7. The number of carbonyl (C=O) groups is 2. The number of aryl methyl sites for hydroxylation is 1. The average Bonchev–Trinajstić information content (AvgIpc) is 3.12. The Bertz CT molecular complexity index is 779. The van der Waals surface area contributed by atoms with Gasteiger partial charge in [0.05, 0.1) is 6.54 Å². The summed E-state index contributed by atoms with van der Waals surface area (Å²) >= 11 is 1.44. The maximum Gasteiger partial charge on any atom is 0.273 e. The van der Waals surface area contributed by atoms with Crippen LogP contribution < -0.4 is 0 Å². The Hall–Kier alpha value is -2.25. The summed E-state index contributed by atoms with van der Waals surface area (Å²) in [6.45, 7) is 5.29. The van der Waals surface area contributed by atoms with Crippen LogP contribution >= 0.6 is 11.3 Å². The van der Waals surface area contributed by atoms with E-state index in [4.69, 9.17) is 0 Å². The lowest BCUT2D eigenvalue weighted by atomic mass is 10.2. The maximum atomic E-state index is 12.6. The van der Waals surface area contributed by atoms with Crippen molar-refractivity contribution in [3.8, 4) is 10.6 Å². The third-order valence-electron chi connectivity index (χ3n) is 4.60. The number of aromatic nitrogens is 1. The molecule has 0 unspecified atom stereocenters. The Morgan fingerprint density at radius 1 is 1.15 bits per heavy atom. The Labute approximate surface area is 158 Å². The molecule has 2 heterocycles. The van der Waals surface area contributed by atoms with E-state index in [-0.39, 0.29) is 18.4 Å². The number of thiazole rings is 1.